The van der Waals surface area contributed by atoms with E-state index in [0.29, 0.717) is 19.7 Å². The molecule has 4 atom stereocenters. The van der Waals surface area contributed by atoms with Gasteiger partial charge in [0, 0.05) is 42.7 Å². The number of carbonyl (C=O) groups excluding carboxylic acids is 2. The van der Waals surface area contributed by atoms with Crippen LogP contribution in [0.25, 0.3) is 0 Å². The molecule has 2 bridgehead atoms. The lowest BCUT2D eigenvalue weighted by Gasteiger charge is -2.40. The highest BCUT2D eigenvalue weighted by Gasteiger charge is 2.36. The van der Waals surface area contributed by atoms with Gasteiger partial charge in [-0.25, -0.2) is 4.79 Å². The zero-order valence-electron chi connectivity index (χ0n) is 20.8. The highest BCUT2D eigenvalue weighted by Crippen LogP contribution is 2.40. The minimum absolute atomic E-state index is 0.0115. The molecule has 9 heteroatoms. The first-order valence-electron chi connectivity index (χ1n) is 12.5. The summed E-state index contributed by atoms with van der Waals surface area (Å²) in [5, 5.41) is 16.4. The molecule has 0 unspecified atom stereocenters. The van der Waals surface area contributed by atoms with Crippen LogP contribution in [0.4, 0.5) is 10.5 Å². The van der Waals surface area contributed by atoms with E-state index < -0.39 is 6.10 Å². The number of ether oxygens (including phenoxy) is 1. The van der Waals surface area contributed by atoms with Crippen molar-refractivity contribution in [1.82, 2.24) is 15.1 Å². The second-order valence-electron chi connectivity index (χ2n) is 9.80. The molecule has 0 spiro atoms. The number of fused-ring (bicyclic) bond motifs is 4. The van der Waals surface area contributed by atoms with Gasteiger partial charge in [-0.3, -0.25) is 4.79 Å². The average molecular weight is 511 g/mol. The van der Waals surface area contributed by atoms with Gasteiger partial charge in [-0.1, -0.05) is 24.3 Å². The fourth-order valence-corrected chi connectivity index (χ4v) is 6.14. The van der Waals surface area contributed by atoms with E-state index in [9.17, 15) is 14.7 Å². The second-order valence-corrected chi connectivity index (χ2v) is 10.6. The summed E-state index contributed by atoms with van der Waals surface area (Å²) in [4.78, 5) is 30.5. The lowest BCUT2D eigenvalue weighted by molar-refractivity contribution is -0.132. The number of aliphatic hydroxyl groups is 1. The number of nitrogens with zero attached hydrogens (tertiary/aromatic N) is 2. The third kappa shape index (κ3) is 5.05. The van der Waals surface area contributed by atoms with Crippen molar-refractivity contribution >= 4 is 29.4 Å². The minimum Gasteiger partial charge on any atom is -0.389 e. The number of aliphatic hydroxyl groups excluding tert-OH is 1. The average Bonchev–Trinajstić information content (AvgIpc) is 3.39. The van der Waals surface area contributed by atoms with Crippen molar-refractivity contribution in [3.63, 3.8) is 0 Å². The van der Waals surface area contributed by atoms with Gasteiger partial charge in [0.2, 0.25) is 5.91 Å². The maximum atomic E-state index is 13.2. The van der Waals surface area contributed by atoms with E-state index in [1.165, 1.54) is 15.4 Å². The van der Waals surface area contributed by atoms with Gasteiger partial charge in [0.15, 0.2) is 0 Å². The number of hydrogen-bond acceptors (Lipinski definition) is 6. The Morgan fingerprint density at radius 1 is 1.25 bits per heavy atom. The summed E-state index contributed by atoms with van der Waals surface area (Å²) < 4.78 is 5.82. The van der Waals surface area contributed by atoms with Crippen molar-refractivity contribution in [3.05, 3.63) is 59.2 Å². The van der Waals surface area contributed by atoms with Gasteiger partial charge in [0.05, 0.1) is 30.9 Å². The molecular formula is C27H34N4O4S. The van der Waals surface area contributed by atoms with Gasteiger partial charge in [-0.15, -0.1) is 11.8 Å². The van der Waals surface area contributed by atoms with Gasteiger partial charge in [0.25, 0.3) is 0 Å². The molecule has 2 fully saturated rings. The predicted molar refractivity (Wildman–Crippen MR) is 140 cm³/mol. The van der Waals surface area contributed by atoms with Crippen molar-refractivity contribution in [2.75, 3.05) is 38.3 Å². The van der Waals surface area contributed by atoms with Crippen molar-refractivity contribution in [2.45, 2.75) is 55.0 Å². The summed E-state index contributed by atoms with van der Waals surface area (Å²) in [7, 11) is 1.66. The van der Waals surface area contributed by atoms with E-state index in [2.05, 4.69) is 29.0 Å². The molecule has 5 rings (SSSR count). The monoisotopic (exact) mass is 510 g/mol. The van der Waals surface area contributed by atoms with Crippen LogP contribution in [0.5, 0.6) is 0 Å². The summed E-state index contributed by atoms with van der Waals surface area (Å²) in [5.74, 6) is -0.0305. The van der Waals surface area contributed by atoms with E-state index >= 15 is 0 Å². The zero-order chi connectivity index (χ0) is 25.2. The third-order valence-electron chi connectivity index (χ3n) is 7.44. The fraction of sp³-hybridized carbons (Fsp3) is 0.481. The van der Waals surface area contributed by atoms with Gasteiger partial charge in [-0.05, 0) is 48.4 Å². The number of rotatable bonds is 6. The molecule has 0 radical (unpaired) electrons. The number of hydrogen-bond donors (Lipinski definition) is 3. The summed E-state index contributed by atoms with van der Waals surface area (Å²) in [6.07, 6.45) is 4.15. The molecule has 3 aliphatic rings. The van der Waals surface area contributed by atoms with E-state index in [1.807, 2.05) is 35.2 Å². The number of benzene rings is 2. The Bertz CT molecular complexity index is 1130. The molecule has 0 aliphatic carbocycles. The standard InChI is InChI=1S/C27H34N4O4S/c1-30(15-26(33)31-11-5-7-22(31)18-6-3-4-8-25(18)36-2)27(34)28-14-17-9-10-20-19(12-17)24-13-21(29-20)23(32)16-35-24/h3-4,6,8-10,12,21-24,29,32H,5,7,11,13-16H2,1-2H3,(H,28,34)/t21-,22-,23-,24-/m1/s1. The highest BCUT2D eigenvalue weighted by molar-refractivity contribution is 7.98. The molecule has 2 aromatic carbocycles. The Labute approximate surface area is 216 Å². The topological polar surface area (TPSA) is 94.1 Å². The SMILES string of the molecule is CSc1ccccc1[C@H]1CCCN1C(=O)CN(C)C(=O)NCc1ccc2c(c1)[C@H]1C[C@@H](N2)[C@H](O)CO1. The van der Waals surface area contributed by atoms with Crippen LogP contribution in [0.1, 0.15) is 48.1 Å². The van der Waals surface area contributed by atoms with Gasteiger partial charge in [-0.2, -0.15) is 0 Å². The molecule has 2 saturated heterocycles. The molecule has 3 amide bonds. The quantitative estimate of drug-likeness (QED) is 0.515. The second kappa shape index (κ2) is 10.7. The van der Waals surface area contributed by atoms with E-state index in [0.717, 1.165) is 36.1 Å². The molecule has 3 heterocycles. The molecule has 2 aromatic rings. The molecule has 0 saturated carbocycles. The van der Waals surface area contributed by atoms with E-state index in [-0.39, 0.29) is 36.7 Å². The summed E-state index contributed by atoms with van der Waals surface area (Å²) in [6.45, 7) is 1.43. The number of amides is 3. The molecular weight excluding hydrogens is 476 g/mol. The Morgan fingerprint density at radius 2 is 2.08 bits per heavy atom. The molecule has 36 heavy (non-hydrogen) atoms. The number of thioether (sulfide) groups is 1. The summed E-state index contributed by atoms with van der Waals surface area (Å²) >= 11 is 1.70. The van der Waals surface area contributed by atoms with Gasteiger partial charge >= 0.3 is 6.03 Å². The Morgan fingerprint density at radius 3 is 2.92 bits per heavy atom. The smallest absolute Gasteiger partial charge is 0.317 e. The molecule has 8 nitrogen and oxygen atoms in total. The van der Waals surface area contributed by atoms with Gasteiger partial charge < -0.3 is 30.3 Å². The number of nitrogens with one attached hydrogen (secondary N) is 2. The van der Waals surface area contributed by atoms with Gasteiger partial charge in [0.1, 0.15) is 6.54 Å². The first kappa shape index (κ1) is 24.9. The van der Waals surface area contributed by atoms with Crippen molar-refractivity contribution < 1.29 is 19.4 Å². The van der Waals surface area contributed by atoms with E-state index in [1.54, 1.807) is 18.8 Å². The maximum absolute atomic E-state index is 13.2. The van der Waals surface area contributed by atoms with Crippen molar-refractivity contribution in [3.8, 4) is 0 Å². The minimum atomic E-state index is -0.497. The number of likely N-dealkylation sites (tertiary alicyclic amines) is 1. The highest BCUT2D eigenvalue weighted by atomic mass is 32.2. The number of urea groups is 1. The van der Waals surface area contributed by atoms with E-state index in [4.69, 9.17) is 4.74 Å². The van der Waals surface area contributed by atoms with Crippen molar-refractivity contribution in [1.29, 1.82) is 0 Å². The molecule has 3 N–H and O–H groups in total. The first-order chi connectivity index (χ1) is 17.4. The predicted octanol–water partition coefficient (Wildman–Crippen LogP) is 3.53. The Kier molecular flexibility index (Phi) is 7.41. The molecule has 0 aromatic heterocycles. The van der Waals surface area contributed by atoms with Crippen LogP contribution in [-0.2, 0) is 16.1 Å². The summed E-state index contributed by atoms with van der Waals surface area (Å²) in [6, 6.07) is 14.0. The Hall–Kier alpha value is -2.75. The fourth-order valence-electron chi connectivity index (χ4n) is 5.49. The van der Waals surface area contributed by atoms with Crippen molar-refractivity contribution in [2.24, 2.45) is 0 Å². The normalized spacial score (nSPS) is 24.6. The number of likely N-dealkylation sites (N-methyl/N-ethyl adjacent to an activating group) is 1. The first-order valence-corrected chi connectivity index (χ1v) is 13.8. The zero-order valence-corrected chi connectivity index (χ0v) is 21.6. The molecule has 3 aliphatic heterocycles. The van der Waals surface area contributed by atoms with Crippen LogP contribution >= 0.6 is 11.8 Å². The largest absolute Gasteiger partial charge is 0.389 e. The van der Waals surface area contributed by atoms with Crippen LogP contribution in [0.2, 0.25) is 0 Å². The summed E-state index contributed by atoms with van der Waals surface area (Å²) in [5.41, 5.74) is 4.17. The lowest BCUT2D eigenvalue weighted by atomic mass is 9.89. The molecule has 192 valence electrons. The maximum Gasteiger partial charge on any atom is 0.317 e. The van der Waals surface area contributed by atoms with Crippen LogP contribution in [0.15, 0.2) is 47.4 Å². The third-order valence-corrected chi connectivity index (χ3v) is 8.25. The number of carbonyl (C=O) groups is 2. The Balaban J connectivity index is 1.17. The van der Waals surface area contributed by atoms with Crippen LogP contribution in [-0.4, -0.2) is 72.0 Å². The van der Waals surface area contributed by atoms with Crippen LogP contribution in [0.3, 0.4) is 0 Å². The lowest BCUT2D eigenvalue weighted by Crippen LogP contribution is -2.46. The number of anilines is 1. The van der Waals surface area contributed by atoms with Crippen LogP contribution < -0.4 is 10.6 Å². The van der Waals surface area contributed by atoms with Crippen LogP contribution in [0, 0.1) is 0 Å².